The van der Waals surface area contributed by atoms with Crippen molar-refractivity contribution in [3.8, 4) is 5.75 Å². The van der Waals surface area contributed by atoms with Crippen molar-refractivity contribution in [1.82, 2.24) is 0 Å². The predicted octanol–water partition coefficient (Wildman–Crippen LogP) is 2.72. The van der Waals surface area contributed by atoms with E-state index in [1.54, 1.807) is 12.1 Å². The molecule has 0 fully saturated rings. The maximum Gasteiger partial charge on any atom is 0.260 e. The van der Waals surface area contributed by atoms with Gasteiger partial charge in [-0.1, -0.05) is 18.2 Å². The van der Waals surface area contributed by atoms with Crippen molar-refractivity contribution >= 4 is 17.3 Å². The highest BCUT2D eigenvalue weighted by Gasteiger charge is 2.38. The van der Waals surface area contributed by atoms with E-state index in [-0.39, 0.29) is 17.7 Å². The van der Waals surface area contributed by atoms with Crippen LogP contribution in [-0.4, -0.2) is 30.6 Å². The van der Waals surface area contributed by atoms with Gasteiger partial charge in [-0.3, -0.25) is 4.79 Å². The fourth-order valence-electron chi connectivity index (χ4n) is 3.60. The molecule has 1 amide bonds. The molecule has 2 heterocycles. The van der Waals surface area contributed by atoms with E-state index >= 15 is 0 Å². The van der Waals surface area contributed by atoms with Gasteiger partial charge in [0.15, 0.2) is 0 Å². The summed E-state index contributed by atoms with van der Waals surface area (Å²) in [6.07, 6.45) is 0.880. The number of likely N-dealkylation sites (N-methyl/N-ethyl adjacent to an activating group) is 1. The minimum absolute atomic E-state index is 0.0254. The van der Waals surface area contributed by atoms with E-state index in [1.807, 2.05) is 37.1 Å². The molecule has 0 spiro atoms. The van der Waals surface area contributed by atoms with Gasteiger partial charge in [0.25, 0.3) is 5.91 Å². The van der Waals surface area contributed by atoms with Crippen molar-refractivity contribution in [2.24, 2.45) is 0 Å². The number of benzene rings is 2. The monoisotopic (exact) mass is 294 g/mol. The molecule has 4 nitrogen and oxygen atoms in total. The second-order valence-electron chi connectivity index (χ2n) is 6.20. The van der Waals surface area contributed by atoms with Gasteiger partial charge in [-0.25, -0.2) is 0 Å². The van der Waals surface area contributed by atoms with E-state index in [2.05, 4.69) is 11.0 Å². The number of aromatic hydroxyl groups is 1. The highest BCUT2D eigenvalue weighted by molar-refractivity contribution is 6.12. The van der Waals surface area contributed by atoms with Crippen LogP contribution < -0.4 is 9.80 Å². The summed E-state index contributed by atoms with van der Waals surface area (Å²) in [6.45, 7) is 2.58. The van der Waals surface area contributed by atoms with Gasteiger partial charge in [-0.2, -0.15) is 0 Å². The van der Waals surface area contributed by atoms with Crippen molar-refractivity contribution in [3.05, 3.63) is 53.1 Å². The fourth-order valence-corrected chi connectivity index (χ4v) is 3.60. The summed E-state index contributed by atoms with van der Waals surface area (Å²) in [6, 6.07) is 11.8. The standard InChI is InChI=1S/C18H18N2O2/c1-11-7-14-16(9-17(11)21)19(2)10-13-8-12-5-3-4-6-15(12)20(13)18(14)22/h3-7,9,13,21H,8,10H2,1-2H3/t13-/m0/s1. The Hall–Kier alpha value is -2.49. The molecule has 0 bridgehead atoms. The summed E-state index contributed by atoms with van der Waals surface area (Å²) < 4.78 is 0. The van der Waals surface area contributed by atoms with Gasteiger partial charge in [0.2, 0.25) is 0 Å². The van der Waals surface area contributed by atoms with Crippen LogP contribution in [0.1, 0.15) is 21.5 Å². The summed E-state index contributed by atoms with van der Waals surface area (Å²) in [4.78, 5) is 17.1. The Kier molecular flexibility index (Phi) is 2.70. The third-order valence-electron chi connectivity index (χ3n) is 4.73. The van der Waals surface area contributed by atoms with Crippen LogP contribution in [0.4, 0.5) is 11.4 Å². The van der Waals surface area contributed by atoms with E-state index in [4.69, 9.17) is 0 Å². The number of nitrogens with zero attached hydrogens (tertiary/aromatic N) is 2. The molecule has 4 heteroatoms. The van der Waals surface area contributed by atoms with Crippen LogP contribution in [-0.2, 0) is 6.42 Å². The Bertz CT molecular complexity index is 785. The van der Waals surface area contributed by atoms with Crippen LogP contribution in [0.3, 0.4) is 0 Å². The van der Waals surface area contributed by atoms with E-state index in [0.717, 1.165) is 29.9 Å². The van der Waals surface area contributed by atoms with Gasteiger partial charge in [-0.05, 0) is 36.6 Å². The number of phenolic OH excluding ortho intramolecular Hbond substituents is 1. The zero-order chi connectivity index (χ0) is 15.4. The molecule has 2 aliphatic rings. The molecular formula is C18H18N2O2. The average Bonchev–Trinajstić information content (AvgIpc) is 2.82. The molecule has 2 aromatic carbocycles. The normalized spacial score (nSPS) is 19.5. The van der Waals surface area contributed by atoms with Crippen molar-refractivity contribution in [2.45, 2.75) is 19.4 Å². The van der Waals surface area contributed by atoms with Gasteiger partial charge in [0, 0.05) is 25.3 Å². The number of carbonyl (C=O) groups excluding carboxylic acids is 1. The first kappa shape index (κ1) is 13.2. The summed E-state index contributed by atoms with van der Waals surface area (Å²) in [7, 11) is 1.98. The molecule has 1 atom stereocenters. The number of hydrogen-bond donors (Lipinski definition) is 1. The lowest BCUT2D eigenvalue weighted by Gasteiger charge is -2.25. The Balaban J connectivity index is 1.90. The Morgan fingerprint density at radius 2 is 1.95 bits per heavy atom. The van der Waals surface area contributed by atoms with E-state index in [1.165, 1.54) is 5.56 Å². The maximum absolute atomic E-state index is 13.1. The number of anilines is 2. The van der Waals surface area contributed by atoms with E-state index in [0.29, 0.717) is 5.56 Å². The molecule has 0 radical (unpaired) electrons. The molecular weight excluding hydrogens is 276 g/mol. The number of amides is 1. The minimum atomic E-state index is 0.0254. The van der Waals surface area contributed by atoms with Crippen LogP contribution in [0, 0.1) is 6.92 Å². The first-order valence-electron chi connectivity index (χ1n) is 7.52. The maximum atomic E-state index is 13.1. The molecule has 0 aromatic heterocycles. The fraction of sp³-hybridized carbons (Fsp3) is 0.278. The molecule has 2 aliphatic heterocycles. The second kappa shape index (κ2) is 4.50. The Morgan fingerprint density at radius 1 is 1.18 bits per heavy atom. The first-order valence-corrected chi connectivity index (χ1v) is 7.52. The second-order valence-corrected chi connectivity index (χ2v) is 6.20. The number of hydrogen-bond acceptors (Lipinski definition) is 3. The van der Waals surface area contributed by atoms with Crippen molar-refractivity contribution in [3.63, 3.8) is 0 Å². The molecule has 2 aromatic rings. The van der Waals surface area contributed by atoms with Gasteiger partial charge < -0.3 is 14.9 Å². The molecule has 0 aliphatic carbocycles. The molecule has 112 valence electrons. The third-order valence-corrected chi connectivity index (χ3v) is 4.73. The quantitative estimate of drug-likeness (QED) is 0.812. The van der Waals surface area contributed by atoms with Gasteiger partial charge in [-0.15, -0.1) is 0 Å². The van der Waals surface area contributed by atoms with E-state index in [9.17, 15) is 9.90 Å². The zero-order valence-corrected chi connectivity index (χ0v) is 12.7. The topological polar surface area (TPSA) is 43.8 Å². The molecule has 0 unspecified atom stereocenters. The number of fused-ring (bicyclic) bond motifs is 4. The van der Waals surface area contributed by atoms with Crippen LogP contribution >= 0.6 is 0 Å². The lowest BCUT2D eigenvalue weighted by Crippen LogP contribution is -2.41. The Morgan fingerprint density at radius 3 is 2.77 bits per heavy atom. The molecule has 0 saturated carbocycles. The van der Waals surface area contributed by atoms with Gasteiger partial charge in [0.1, 0.15) is 5.75 Å². The first-order chi connectivity index (χ1) is 10.6. The third kappa shape index (κ3) is 1.73. The van der Waals surface area contributed by atoms with Crippen molar-refractivity contribution in [2.75, 3.05) is 23.4 Å². The number of rotatable bonds is 0. The van der Waals surface area contributed by atoms with Crippen LogP contribution in [0.2, 0.25) is 0 Å². The van der Waals surface area contributed by atoms with Crippen molar-refractivity contribution in [1.29, 1.82) is 0 Å². The largest absolute Gasteiger partial charge is 0.508 e. The number of aryl methyl sites for hydroxylation is 1. The van der Waals surface area contributed by atoms with E-state index < -0.39 is 0 Å². The van der Waals surface area contributed by atoms with Gasteiger partial charge in [0.05, 0.1) is 17.3 Å². The number of carbonyl (C=O) groups is 1. The average molecular weight is 294 g/mol. The highest BCUT2D eigenvalue weighted by Crippen LogP contribution is 2.39. The Labute approximate surface area is 129 Å². The lowest BCUT2D eigenvalue weighted by atomic mass is 10.1. The summed E-state index contributed by atoms with van der Waals surface area (Å²) >= 11 is 0. The molecule has 4 rings (SSSR count). The van der Waals surface area contributed by atoms with Crippen LogP contribution in [0.5, 0.6) is 5.75 Å². The predicted molar refractivity (Wildman–Crippen MR) is 86.9 cm³/mol. The smallest absolute Gasteiger partial charge is 0.260 e. The summed E-state index contributed by atoms with van der Waals surface area (Å²) in [5.41, 5.74) is 4.45. The molecule has 22 heavy (non-hydrogen) atoms. The van der Waals surface area contributed by atoms with Crippen molar-refractivity contribution < 1.29 is 9.90 Å². The van der Waals surface area contributed by atoms with Crippen LogP contribution in [0.25, 0.3) is 0 Å². The number of para-hydroxylation sites is 1. The molecule has 0 saturated heterocycles. The van der Waals surface area contributed by atoms with Gasteiger partial charge >= 0.3 is 0 Å². The zero-order valence-electron chi connectivity index (χ0n) is 12.7. The summed E-state index contributed by atoms with van der Waals surface area (Å²) in [5, 5.41) is 9.98. The number of phenols is 1. The highest BCUT2D eigenvalue weighted by atomic mass is 16.3. The minimum Gasteiger partial charge on any atom is -0.508 e. The summed E-state index contributed by atoms with van der Waals surface area (Å²) in [5.74, 6) is 0.262. The SMILES string of the molecule is Cc1cc2c(cc1O)N(C)C[C@@H]1Cc3ccccc3N1C2=O. The lowest BCUT2D eigenvalue weighted by molar-refractivity contribution is 0.0983. The van der Waals surface area contributed by atoms with Crippen LogP contribution in [0.15, 0.2) is 36.4 Å². The molecule has 1 N–H and O–H groups in total.